The molecule has 2 saturated heterocycles. The van der Waals surface area contributed by atoms with Crippen molar-refractivity contribution in [3.05, 3.63) is 32.1 Å². The van der Waals surface area contributed by atoms with Crippen LogP contribution in [-0.4, -0.2) is 73.5 Å². The molecule has 208 valence electrons. The van der Waals surface area contributed by atoms with Crippen molar-refractivity contribution < 1.29 is 34.1 Å². The smallest absolute Gasteiger partial charge is 0.413 e. The van der Waals surface area contributed by atoms with E-state index in [9.17, 15) is 24.6 Å². The number of thiazole rings is 1. The van der Waals surface area contributed by atoms with Gasteiger partial charge in [0.15, 0.2) is 0 Å². The molecule has 3 aliphatic rings. The molecule has 2 amide bonds. The summed E-state index contributed by atoms with van der Waals surface area (Å²) in [5.74, 6) is -1.94. The van der Waals surface area contributed by atoms with Crippen LogP contribution >= 0.6 is 23.1 Å². The van der Waals surface area contributed by atoms with Crippen molar-refractivity contribution in [2.45, 2.75) is 91.0 Å². The largest absolute Gasteiger partial charge is 0.421 e. The number of esters is 1. The first-order valence-electron chi connectivity index (χ1n) is 12.9. The fraction of sp³-hybridized carbons (Fsp3) is 0.615. The summed E-state index contributed by atoms with van der Waals surface area (Å²) in [4.78, 5) is 47.8. The van der Waals surface area contributed by atoms with Crippen LogP contribution in [-0.2, 0) is 25.7 Å². The van der Waals surface area contributed by atoms with Crippen LogP contribution in [0, 0.1) is 11.8 Å². The maximum atomic E-state index is 13.4. The number of aliphatic hydroxyl groups is 2. The molecule has 0 radical (unpaired) electrons. The number of aliphatic hydroxyl groups excluding tert-OH is 2. The Balaban J connectivity index is 1.52. The first kappa shape index (κ1) is 28.6. The van der Waals surface area contributed by atoms with Gasteiger partial charge in [-0.2, -0.15) is 0 Å². The van der Waals surface area contributed by atoms with Gasteiger partial charge in [0.1, 0.15) is 5.70 Å². The van der Waals surface area contributed by atoms with Gasteiger partial charge >= 0.3 is 12.1 Å². The first-order chi connectivity index (χ1) is 18.1. The maximum Gasteiger partial charge on any atom is 0.413 e. The number of thioether (sulfide) groups is 1. The zero-order chi connectivity index (χ0) is 27.7. The molecule has 0 aliphatic carbocycles. The monoisotopic (exact) mass is 565 g/mol. The van der Waals surface area contributed by atoms with E-state index in [2.05, 4.69) is 4.98 Å². The highest BCUT2D eigenvalue weighted by Gasteiger charge is 2.60. The third kappa shape index (κ3) is 5.36. The number of nitrogens with zero attached hydrogens (tertiary/aromatic N) is 3. The van der Waals surface area contributed by atoms with E-state index in [1.54, 1.807) is 28.8 Å². The molecular weight excluding hydrogens is 530 g/mol. The number of carbonyl (C=O) groups excluding carboxylic acids is 3. The van der Waals surface area contributed by atoms with Gasteiger partial charge in [-0.3, -0.25) is 4.79 Å². The summed E-state index contributed by atoms with van der Waals surface area (Å²) in [6, 6.07) is -0.307. The lowest BCUT2D eigenvalue weighted by Crippen LogP contribution is -2.63. The number of hydrogen-bond acceptors (Lipinski definition) is 10. The van der Waals surface area contributed by atoms with Crippen molar-refractivity contribution in [3.8, 4) is 0 Å². The second-order valence-electron chi connectivity index (χ2n) is 10.1. The zero-order valence-corrected chi connectivity index (χ0v) is 23.8. The molecule has 4 rings (SSSR count). The Bertz CT molecular complexity index is 1120. The second kappa shape index (κ2) is 11.8. The standard InChI is InChI=1S/C26H35N3O7S2/c1-13-7-6-8-14(2)28(13)26(34)36-17(5)35-25(33)22-23(37-10-9-19-18(11-30)27-12-38-19)15(3)21-20(16(4)31)24(32)29(21)22/h9-10,12-17,20-21,30-31H,6-8,11H2,1-5H3/b10-9-/t13-,14+,15-,16-,17?,20-,21-/m1/s1. The summed E-state index contributed by atoms with van der Waals surface area (Å²) in [5.41, 5.74) is 2.30. The summed E-state index contributed by atoms with van der Waals surface area (Å²) < 4.78 is 11.0. The molecule has 1 unspecified atom stereocenters. The number of hydrogen-bond donors (Lipinski definition) is 2. The van der Waals surface area contributed by atoms with Gasteiger partial charge in [-0.05, 0) is 51.5 Å². The van der Waals surface area contributed by atoms with Crippen molar-refractivity contribution in [1.29, 1.82) is 0 Å². The summed E-state index contributed by atoms with van der Waals surface area (Å²) in [5, 5.41) is 21.4. The lowest BCUT2D eigenvalue weighted by atomic mass is 9.79. The molecule has 10 nitrogen and oxygen atoms in total. The fourth-order valence-corrected chi connectivity index (χ4v) is 7.36. The average Bonchev–Trinajstić information content (AvgIpc) is 3.39. The number of likely N-dealkylation sites (tertiary alicyclic amines) is 1. The van der Waals surface area contributed by atoms with Gasteiger partial charge in [0.05, 0.1) is 40.8 Å². The third-order valence-corrected chi connectivity index (χ3v) is 9.41. The molecule has 2 N–H and O–H groups in total. The van der Waals surface area contributed by atoms with E-state index in [4.69, 9.17) is 9.47 Å². The topological polar surface area (TPSA) is 130 Å². The quantitative estimate of drug-likeness (QED) is 0.275. The Morgan fingerprint density at radius 2 is 1.92 bits per heavy atom. The van der Waals surface area contributed by atoms with E-state index < -0.39 is 30.4 Å². The number of ether oxygens (including phenoxy) is 2. The van der Waals surface area contributed by atoms with E-state index in [1.807, 2.05) is 20.8 Å². The van der Waals surface area contributed by atoms with Crippen LogP contribution in [0.3, 0.4) is 0 Å². The number of piperidine rings is 1. The highest BCUT2D eigenvalue weighted by Crippen LogP contribution is 2.51. The van der Waals surface area contributed by atoms with E-state index in [-0.39, 0.29) is 42.3 Å². The van der Waals surface area contributed by atoms with Crippen molar-refractivity contribution in [2.75, 3.05) is 0 Å². The van der Waals surface area contributed by atoms with Gasteiger partial charge in [0.25, 0.3) is 0 Å². The van der Waals surface area contributed by atoms with E-state index in [1.165, 1.54) is 34.9 Å². The summed E-state index contributed by atoms with van der Waals surface area (Å²) in [7, 11) is 0. The van der Waals surface area contributed by atoms with Crippen LogP contribution in [0.25, 0.3) is 6.08 Å². The molecule has 3 aliphatic heterocycles. The summed E-state index contributed by atoms with van der Waals surface area (Å²) >= 11 is 2.66. The van der Waals surface area contributed by atoms with Crippen molar-refractivity contribution in [2.24, 2.45) is 11.8 Å². The van der Waals surface area contributed by atoms with Crippen LogP contribution in [0.4, 0.5) is 4.79 Å². The minimum absolute atomic E-state index is 0.0316. The average molecular weight is 566 g/mol. The predicted molar refractivity (Wildman–Crippen MR) is 143 cm³/mol. The van der Waals surface area contributed by atoms with Gasteiger partial charge < -0.3 is 29.5 Å². The van der Waals surface area contributed by atoms with E-state index in [0.29, 0.717) is 10.6 Å². The normalized spacial score (nSPS) is 28.8. The molecule has 2 fully saturated rings. The SMILES string of the molecule is CC(OC(=O)C1=C(S/C=C\c2scnc2CO)[C@H](C)[C@@H]2[C@@H]([C@@H](C)O)C(=O)N12)OC(=O)N1[C@H](C)CCC[C@@H]1C. The highest BCUT2D eigenvalue weighted by molar-refractivity contribution is 8.06. The fourth-order valence-electron chi connectivity index (χ4n) is 5.59. The zero-order valence-electron chi connectivity index (χ0n) is 22.2. The van der Waals surface area contributed by atoms with Gasteiger partial charge in [-0.25, -0.2) is 14.6 Å². The number of amides is 2. The lowest BCUT2D eigenvalue weighted by Gasteiger charge is -2.46. The lowest BCUT2D eigenvalue weighted by molar-refractivity contribution is -0.173. The first-order valence-corrected chi connectivity index (χ1v) is 14.6. The Labute approximate surface area is 230 Å². The minimum atomic E-state index is -1.16. The van der Waals surface area contributed by atoms with Crippen LogP contribution in [0.5, 0.6) is 0 Å². The second-order valence-corrected chi connectivity index (χ2v) is 11.9. The Morgan fingerprint density at radius 1 is 1.24 bits per heavy atom. The Morgan fingerprint density at radius 3 is 2.55 bits per heavy atom. The van der Waals surface area contributed by atoms with Gasteiger partial charge in [-0.15, -0.1) is 11.3 Å². The molecule has 1 aromatic heterocycles. The molecule has 0 bridgehead atoms. The Hall–Kier alpha value is -2.41. The molecular formula is C26H35N3O7S2. The van der Waals surface area contributed by atoms with Crippen LogP contribution in [0.15, 0.2) is 21.5 Å². The van der Waals surface area contributed by atoms with Gasteiger partial charge in [-0.1, -0.05) is 18.7 Å². The molecule has 1 aromatic rings. The highest BCUT2D eigenvalue weighted by atomic mass is 32.2. The van der Waals surface area contributed by atoms with Crippen LogP contribution in [0.2, 0.25) is 0 Å². The molecule has 38 heavy (non-hydrogen) atoms. The van der Waals surface area contributed by atoms with Crippen molar-refractivity contribution >= 4 is 47.1 Å². The van der Waals surface area contributed by atoms with Gasteiger partial charge in [0.2, 0.25) is 12.2 Å². The molecule has 0 spiro atoms. The predicted octanol–water partition coefficient (Wildman–Crippen LogP) is 3.70. The van der Waals surface area contributed by atoms with E-state index in [0.717, 1.165) is 24.1 Å². The van der Waals surface area contributed by atoms with Crippen LogP contribution in [0.1, 0.15) is 64.5 Å². The number of aromatic nitrogens is 1. The molecule has 7 atom stereocenters. The minimum Gasteiger partial charge on any atom is -0.421 e. The summed E-state index contributed by atoms with van der Waals surface area (Å²) in [6.07, 6.45) is 2.06. The molecule has 0 saturated carbocycles. The summed E-state index contributed by atoms with van der Waals surface area (Å²) in [6.45, 7) is 8.72. The van der Waals surface area contributed by atoms with Crippen LogP contribution < -0.4 is 0 Å². The molecule has 0 aromatic carbocycles. The third-order valence-electron chi connectivity index (χ3n) is 7.48. The number of β-lactam (4-membered cyclic amide) rings is 1. The number of rotatable bonds is 8. The van der Waals surface area contributed by atoms with E-state index >= 15 is 0 Å². The van der Waals surface area contributed by atoms with Crippen molar-refractivity contribution in [1.82, 2.24) is 14.8 Å². The number of carbonyl (C=O) groups is 3. The number of fused-ring (bicyclic) bond motifs is 1. The van der Waals surface area contributed by atoms with Crippen molar-refractivity contribution in [3.63, 3.8) is 0 Å². The maximum absolute atomic E-state index is 13.4. The molecule has 4 heterocycles. The van der Waals surface area contributed by atoms with Gasteiger partial charge in [0, 0.05) is 29.8 Å². The Kier molecular flexibility index (Phi) is 8.85. The molecule has 12 heteroatoms.